The molecule has 1 aromatic heterocycles. The van der Waals surface area contributed by atoms with E-state index in [9.17, 15) is 14.7 Å². The van der Waals surface area contributed by atoms with E-state index >= 15 is 0 Å². The zero-order valence-electron chi connectivity index (χ0n) is 10.6. The molecule has 0 aromatic carbocycles. The molecule has 1 atom stereocenters. The highest BCUT2D eigenvalue weighted by molar-refractivity contribution is 5.95. The van der Waals surface area contributed by atoms with Crippen molar-refractivity contribution in [1.82, 2.24) is 9.88 Å². The fourth-order valence-electron chi connectivity index (χ4n) is 2.70. The van der Waals surface area contributed by atoms with Crippen molar-refractivity contribution in [1.29, 1.82) is 0 Å². The monoisotopic (exact) mass is 250 g/mol. The molecule has 1 saturated heterocycles. The number of nitrogens with one attached hydrogen (secondary N) is 1. The summed E-state index contributed by atoms with van der Waals surface area (Å²) in [6.07, 6.45) is 3.32. The number of aromatic amines is 1. The second kappa shape index (κ2) is 4.48. The van der Waals surface area contributed by atoms with Crippen LogP contribution in [0.15, 0.2) is 18.3 Å². The van der Waals surface area contributed by atoms with Gasteiger partial charge < -0.3 is 15.0 Å². The van der Waals surface area contributed by atoms with Crippen LogP contribution in [0.3, 0.4) is 0 Å². The Morgan fingerprint density at radius 1 is 1.50 bits per heavy atom. The van der Waals surface area contributed by atoms with Crippen LogP contribution >= 0.6 is 0 Å². The minimum atomic E-state index is -0.931. The van der Waals surface area contributed by atoms with Gasteiger partial charge in [-0.25, -0.2) is 4.79 Å². The number of aliphatic carboxylic acids is 1. The van der Waals surface area contributed by atoms with E-state index < -0.39 is 17.4 Å². The van der Waals surface area contributed by atoms with Crippen molar-refractivity contribution in [3.63, 3.8) is 0 Å². The molecule has 2 heterocycles. The molecule has 1 aromatic rings. The smallest absolute Gasteiger partial charge is 0.326 e. The van der Waals surface area contributed by atoms with Crippen molar-refractivity contribution in [2.75, 3.05) is 6.54 Å². The molecular weight excluding hydrogens is 232 g/mol. The van der Waals surface area contributed by atoms with Crippen LogP contribution < -0.4 is 0 Å². The summed E-state index contributed by atoms with van der Waals surface area (Å²) >= 11 is 0. The van der Waals surface area contributed by atoms with Crippen molar-refractivity contribution in [2.45, 2.75) is 32.7 Å². The van der Waals surface area contributed by atoms with Gasteiger partial charge in [0.1, 0.15) is 11.7 Å². The van der Waals surface area contributed by atoms with Crippen LogP contribution in [0, 0.1) is 5.41 Å². The van der Waals surface area contributed by atoms with Gasteiger partial charge in [-0.1, -0.05) is 13.8 Å². The van der Waals surface area contributed by atoms with Crippen LogP contribution in [0.5, 0.6) is 0 Å². The Morgan fingerprint density at radius 2 is 2.22 bits per heavy atom. The molecule has 1 aliphatic heterocycles. The highest BCUT2D eigenvalue weighted by atomic mass is 16.4. The van der Waals surface area contributed by atoms with Crippen molar-refractivity contribution in [3.05, 3.63) is 24.0 Å². The maximum atomic E-state index is 12.3. The molecule has 2 rings (SSSR count). The third-order valence-corrected chi connectivity index (χ3v) is 3.60. The number of amides is 1. The molecule has 5 heteroatoms. The van der Waals surface area contributed by atoms with Gasteiger partial charge in [0.15, 0.2) is 0 Å². The van der Waals surface area contributed by atoms with Crippen molar-refractivity contribution in [3.8, 4) is 0 Å². The van der Waals surface area contributed by atoms with E-state index in [2.05, 4.69) is 4.98 Å². The summed E-state index contributed by atoms with van der Waals surface area (Å²) in [5.41, 5.74) is 0.0470. The number of aromatic nitrogens is 1. The van der Waals surface area contributed by atoms with Gasteiger partial charge >= 0.3 is 5.97 Å². The highest BCUT2D eigenvalue weighted by Crippen LogP contribution is 2.35. The Labute approximate surface area is 106 Å². The Bertz CT molecular complexity index is 451. The number of carbonyl (C=O) groups excluding carboxylic acids is 1. The molecule has 18 heavy (non-hydrogen) atoms. The topological polar surface area (TPSA) is 73.4 Å². The molecule has 5 nitrogen and oxygen atoms in total. The zero-order chi connectivity index (χ0) is 13.3. The molecule has 0 aliphatic carbocycles. The summed E-state index contributed by atoms with van der Waals surface area (Å²) in [5.74, 6) is -1.17. The summed E-state index contributed by atoms with van der Waals surface area (Å²) in [6, 6.07) is 2.64. The molecular formula is C13H18N2O3. The maximum Gasteiger partial charge on any atom is 0.326 e. The highest BCUT2D eigenvalue weighted by Gasteiger charge is 2.44. The van der Waals surface area contributed by atoms with Gasteiger partial charge in [-0.15, -0.1) is 0 Å². The minimum Gasteiger partial charge on any atom is -0.480 e. The van der Waals surface area contributed by atoms with Crippen molar-refractivity contribution >= 4 is 11.9 Å². The lowest BCUT2D eigenvalue weighted by atomic mass is 9.76. The number of H-pyrrole nitrogens is 1. The number of likely N-dealkylation sites (tertiary alicyclic amines) is 1. The van der Waals surface area contributed by atoms with E-state index in [1.807, 2.05) is 13.8 Å². The Balaban J connectivity index is 2.30. The number of hydrogen-bond acceptors (Lipinski definition) is 2. The third-order valence-electron chi connectivity index (χ3n) is 3.60. The first-order valence-corrected chi connectivity index (χ1v) is 6.10. The average molecular weight is 250 g/mol. The molecule has 0 spiro atoms. The van der Waals surface area contributed by atoms with Gasteiger partial charge in [-0.3, -0.25) is 4.79 Å². The lowest BCUT2D eigenvalue weighted by Gasteiger charge is -2.43. The summed E-state index contributed by atoms with van der Waals surface area (Å²) in [5, 5.41) is 9.39. The van der Waals surface area contributed by atoms with Crippen LogP contribution in [0.2, 0.25) is 0 Å². The molecule has 1 unspecified atom stereocenters. The number of piperidine rings is 1. The van der Waals surface area contributed by atoms with Crippen molar-refractivity contribution < 1.29 is 14.7 Å². The number of rotatable bonds is 2. The summed E-state index contributed by atoms with van der Waals surface area (Å²) in [6.45, 7) is 4.30. The molecule has 1 amide bonds. The van der Waals surface area contributed by atoms with Crippen LogP contribution in [0.1, 0.15) is 37.2 Å². The fraction of sp³-hybridized carbons (Fsp3) is 0.538. The lowest BCUT2D eigenvalue weighted by molar-refractivity contribution is -0.148. The SMILES string of the molecule is CC1(C)CCCN(C(=O)c2ccc[nH]2)C1C(=O)O. The largest absolute Gasteiger partial charge is 0.480 e. The lowest BCUT2D eigenvalue weighted by Crippen LogP contribution is -2.56. The zero-order valence-corrected chi connectivity index (χ0v) is 10.6. The number of carboxylic acid groups (broad SMARTS) is 1. The normalized spacial score (nSPS) is 22.8. The Morgan fingerprint density at radius 3 is 2.78 bits per heavy atom. The molecule has 1 aliphatic rings. The van der Waals surface area contributed by atoms with Gasteiger partial charge in [-0.2, -0.15) is 0 Å². The van der Waals surface area contributed by atoms with Gasteiger partial charge in [-0.05, 0) is 30.4 Å². The van der Waals surface area contributed by atoms with Crippen LogP contribution in [0.25, 0.3) is 0 Å². The van der Waals surface area contributed by atoms with E-state index in [0.29, 0.717) is 12.2 Å². The van der Waals surface area contributed by atoms with Gasteiger partial charge in [0.25, 0.3) is 5.91 Å². The molecule has 98 valence electrons. The first kappa shape index (κ1) is 12.7. The predicted octanol–water partition coefficient (Wildman–Crippen LogP) is 1.73. The van der Waals surface area contributed by atoms with E-state index in [1.165, 1.54) is 4.90 Å². The van der Waals surface area contributed by atoms with Gasteiger partial charge in [0, 0.05) is 12.7 Å². The summed E-state index contributed by atoms with van der Waals surface area (Å²) < 4.78 is 0. The number of carbonyl (C=O) groups is 2. The van der Waals surface area contributed by atoms with Gasteiger partial charge in [0.2, 0.25) is 0 Å². The van der Waals surface area contributed by atoms with Crippen molar-refractivity contribution in [2.24, 2.45) is 5.41 Å². The fourth-order valence-corrected chi connectivity index (χ4v) is 2.70. The summed E-state index contributed by atoms with van der Waals surface area (Å²) in [4.78, 5) is 28.1. The van der Waals surface area contributed by atoms with E-state index in [1.54, 1.807) is 18.3 Å². The van der Waals surface area contributed by atoms with Crippen LogP contribution in [-0.2, 0) is 4.79 Å². The second-order valence-electron chi connectivity index (χ2n) is 5.42. The second-order valence-corrected chi connectivity index (χ2v) is 5.42. The van der Waals surface area contributed by atoms with Gasteiger partial charge in [0.05, 0.1) is 0 Å². The molecule has 2 N–H and O–H groups in total. The average Bonchev–Trinajstić information content (AvgIpc) is 2.79. The molecule has 0 radical (unpaired) electrons. The van der Waals surface area contributed by atoms with Crippen LogP contribution in [0.4, 0.5) is 0 Å². The summed E-state index contributed by atoms with van der Waals surface area (Å²) in [7, 11) is 0. The maximum absolute atomic E-state index is 12.3. The first-order valence-electron chi connectivity index (χ1n) is 6.10. The third kappa shape index (κ3) is 2.12. The molecule has 0 bridgehead atoms. The Kier molecular flexibility index (Phi) is 3.15. The molecule has 1 fully saturated rings. The van der Waals surface area contributed by atoms with Crippen LogP contribution in [-0.4, -0.2) is 39.5 Å². The van der Waals surface area contributed by atoms with E-state index in [0.717, 1.165) is 12.8 Å². The molecule has 0 saturated carbocycles. The van der Waals surface area contributed by atoms with E-state index in [-0.39, 0.29) is 5.91 Å². The standard InChI is InChI=1S/C13H18N2O3/c1-13(2)6-4-8-15(10(13)12(17)18)11(16)9-5-3-7-14-9/h3,5,7,10,14H,4,6,8H2,1-2H3,(H,17,18). The Hall–Kier alpha value is -1.78. The quantitative estimate of drug-likeness (QED) is 0.839. The minimum absolute atomic E-state index is 0.236. The number of carboxylic acids is 1. The number of nitrogens with zero attached hydrogens (tertiary/aromatic N) is 1. The number of hydrogen-bond donors (Lipinski definition) is 2. The first-order chi connectivity index (χ1) is 8.43. The van der Waals surface area contributed by atoms with E-state index in [4.69, 9.17) is 0 Å². The predicted molar refractivity (Wildman–Crippen MR) is 66.3 cm³/mol.